The van der Waals surface area contributed by atoms with E-state index in [0.717, 1.165) is 29.8 Å². The number of phenolic OH excluding ortho intramolecular Hbond substituents is 1. The smallest absolute Gasteiger partial charge is 0.232 e. The maximum absolute atomic E-state index is 13.1. The number of rotatable bonds is 3. The van der Waals surface area contributed by atoms with Crippen molar-refractivity contribution in [2.24, 2.45) is 0 Å². The number of benzene rings is 2. The number of aryl methyl sites for hydroxylation is 1. The third kappa shape index (κ3) is 4.01. The highest BCUT2D eigenvalue weighted by molar-refractivity contribution is 6.15. The van der Waals surface area contributed by atoms with Crippen LogP contribution in [-0.4, -0.2) is 28.9 Å². The zero-order valence-corrected chi connectivity index (χ0v) is 18.4. The predicted octanol–water partition coefficient (Wildman–Crippen LogP) is 5.60. The van der Waals surface area contributed by atoms with Gasteiger partial charge in [-0.2, -0.15) is 0 Å². The Morgan fingerprint density at radius 3 is 2.40 bits per heavy atom. The van der Waals surface area contributed by atoms with Gasteiger partial charge in [-0.25, -0.2) is 0 Å². The molecule has 0 spiro atoms. The molecule has 4 nitrogen and oxygen atoms in total. The fourth-order valence-corrected chi connectivity index (χ4v) is 4.30. The minimum Gasteiger partial charge on any atom is -0.507 e. The number of fused-ring (bicyclic) bond motifs is 1. The second-order valence-corrected chi connectivity index (χ2v) is 9.54. The van der Waals surface area contributed by atoms with Gasteiger partial charge in [0.2, 0.25) is 5.78 Å². The van der Waals surface area contributed by atoms with Crippen molar-refractivity contribution in [3.05, 3.63) is 63.9 Å². The van der Waals surface area contributed by atoms with Crippen LogP contribution >= 0.6 is 0 Å². The number of piperidine rings is 1. The van der Waals surface area contributed by atoms with Gasteiger partial charge in [0.25, 0.3) is 0 Å². The van der Waals surface area contributed by atoms with Crippen LogP contribution in [-0.2, 0) is 12.0 Å². The molecule has 0 radical (unpaired) electrons. The topological polar surface area (TPSA) is 49.8 Å². The SMILES string of the molecule is Cc1cc(O)c(CN2CCCCC2)c2c1C(=O)/C(=C/c1ccc(C(C)(C)C)cc1)O2. The van der Waals surface area contributed by atoms with Crippen molar-refractivity contribution < 1.29 is 14.6 Å². The Hall–Kier alpha value is -2.59. The zero-order valence-electron chi connectivity index (χ0n) is 18.4. The Labute approximate surface area is 179 Å². The van der Waals surface area contributed by atoms with Gasteiger partial charge in [0.05, 0.1) is 11.1 Å². The zero-order chi connectivity index (χ0) is 21.5. The van der Waals surface area contributed by atoms with Gasteiger partial charge < -0.3 is 9.84 Å². The molecule has 0 aliphatic carbocycles. The van der Waals surface area contributed by atoms with Gasteiger partial charge in [0.1, 0.15) is 11.5 Å². The Kier molecular flexibility index (Phi) is 5.46. The molecule has 2 aliphatic rings. The Morgan fingerprint density at radius 1 is 1.10 bits per heavy atom. The number of aromatic hydroxyl groups is 1. The Bertz CT molecular complexity index is 990. The number of ether oxygens (including phenoxy) is 1. The van der Waals surface area contributed by atoms with E-state index in [0.29, 0.717) is 23.6 Å². The van der Waals surface area contributed by atoms with Crippen LogP contribution in [0.1, 0.15) is 72.6 Å². The lowest BCUT2D eigenvalue weighted by atomic mass is 9.86. The summed E-state index contributed by atoms with van der Waals surface area (Å²) < 4.78 is 6.08. The summed E-state index contributed by atoms with van der Waals surface area (Å²) in [6.07, 6.45) is 5.40. The molecule has 0 saturated carbocycles. The summed E-state index contributed by atoms with van der Waals surface area (Å²) in [5, 5.41) is 10.6. The molecule has 4 heteroatoms. The van der Waals surface area contributed by atoms with E-state index >= 15 is 0 Å². The molecule has 2 aliphatic heterocycles. The maximum Gasteiger partial charge on any atom is 0.232 e. The highest BCUT2D eigenvalue weighted by Crippen LogP contribution is 2.42. The molecule has 158 valence electrons. The molecule has 1 N–H and O–H groups in total. The van der Waals surface area contributed by atoms with Crippen LogP contribution in [0.2, 0.25) is 0 Å². The summed E-state index contributed by atoms with van der Waals surface area (Å²) in [5.41, 5.74) is 4.31. The molecule has 1 saturated heterocycles. The van der Waals surface area contributed by atoms with E-state index in [9.17, 15) is 9.90 Å². The van der Waals surface area contributed by atoms with Crippen LogP contribution in [0.3, 0.4) is 0 Å². The van der Waals surface area contributed by atoms with Gasteiger partial charge in [-0.1, -0.05) is 51.5 Å². The van der Waals surface area contributed by atoms with Crippen molar-refractivity contribution >= 4 is 11.9 Å². The number of hydrogen-bond donors (Lipinski definition) is 1. The van der Waals surface area contributed by atoms with Crippen LogP contribution < -0.4 is 4.74 Å². The molecule has 30 heavy (non-hydrogen) atoms. The van der Waals surface area contributed by atoms with Crippen LogP contribution in [0.15, 0.2) is 36.1 Å². The molecule has 2 aromatic rings. The molecule has 2 heterocycles. The van der Waals surface area contributed by atoms with E-state index in [1.54, 1.807) is 12.1 Å². The number of phenols is 1. The number of carbonyl (C=O) groups excluding carboxylic acids is 1. The van der Waals surface area contributed by atoms with Crippen molar-refractivity contribution in [2.45, 2.75) is 58.9 Å². The number of carbonyl (C=O) groups is 1. The van der Waals surface area contributed by atoms with Crippen molar-refractivity contribution in [3.8, 4) is 11.5 Å². The number of Topliss-reactive ketones (excluding diaryl/α,β-unsaturated/α-hetero) is 1. The summed E-state index contributed by atoms with van der Waals surface area (Å²) in [6.45, 7) is 11.0. The van der Waals surface area contributed by atoms with Crippen LogP contribution in [0.25, 0.3) is 6.08 Å². The fourth-order valence-electron chi connectivity index (χ4n) is 4.30. The molecule has 0 amide bonds. The van der Waals surface area contributed by atoms with E-state index < -0.39 is 0 Å². The first-order valence-corrected chi connectivity index (χ1v) is 10.9. The summed E-state index contributed by atoms with van der Waals surface area (Å²) in [5.74, 6) is 0.949. The first-order valence-electron chi connectivity index (χ1n) is 10.9. The minimum absolute atomic E-state index is 0.0829. The van der Waals surface area contributed by atoms with Gasteiger partial charge in [-0.15, -0.1) is 0 Å². The highest BCUT2D eigenvalue weighted by atomic mass is 16.5. The summed E-state index contributed by atoms with van der Waals surface area (Å²) in [6, 6.07) is 9.93. The summed E-state index contributed by atoms with van der Waals surface area (Å²) >= 11 is 0. The van der Waals surface area contributed by atoms with Crippen molar-refractivity contribution in [3.63, 3.8) is 0 Å². The second kappa shape index (κ2) is 7.92. The van der Waals surface area contributed by atoms with E-state index in [1.807, 2.05) is 19.1 Å². The maximum atomic E-state index is 13.1. The summed E-state index contributed by atoms with van der Waals surface area (Å²) in [7, 11) is 0. The van der Waals surface area contributed by atoms with Crippen molar-refractivity contribution in [2.75, 3.05) is 13.1 Å². The van der Waals surface area contributed by atoms with E-state index in [-0.39, 0.29) is 16.9 Å². The van der Waals surface area contributed by atoms with Gasteiger partial charge in [-0.05, 0) is 67.1 Å². The van der Waals surface area contributed by atoms with Crippen molar-refractivity contribution in [1.29, 1.82) is 0 Å². The highest BCUT2D eigenvalue weighted by Gasteiger charge is 2.33. The molecule has 0 atom stereocenters. The quantitative estimate of drug-likeness (QED) is 0.675. The van der Waals surface area contributed by atoms with Crippen LogP contribution in [0.5, 0.6) is 11.5 Å². The molecule has 1 fully saturated rings. The van der Waals surface area contributed by atoms with E-state index in [4.69, 9.17) is 4.74 Å². The molecular weight excluding hydrogens is 374 g/mol. The lowest BCUT2D eigenvalue weighted by molar-refractivity contribution is 0.101. The second-order valence-electron chi connectivity index (χ2n) is 9.54. The summed E-state index contributed by atoms with van der Waals surface area (Å²) in [4.78, 5) is 15.4. The largest absolute Gasteiger partial charge is 0.507 e. The molecule has 0 aromatic heterocycles. The van der Waals surface area contributed by atoms with E-state index in [1.165, 1.54) is 24.8 Å². The van der Waals surface area contributed by atoms with Gasteiger partial charge >= 0.3 is 0 Å². The number of hydrogen-bond acceptors (Lipinski definition) is 4. The average molecular weight is 406 g/mol. The molecule has 2 aromatic carbocycles. The van der Waals surface area contributed by atoms with Crippen LogP contribution in [0, 0.1) is 6.92 Å². The lowest BCUT2D eigenvalue weighted by Gasteiger charge is -2.27. The third-order valence-corrected chi connectivity index (χ3v) is 6.13. The van der Waals surface area contributed by atoms with Gasteiger partial charge in [0, 0.05) is 6.54 Å². The van der Waals surface area contributed by atoms with Gasteiger partial charge in [0.15, 0.2) is 5.76 Å². The monoisotopic (exact) mass is 405 g/mol. The Balaban J connectivity index is 1.65. The first-order chi connectivity index (χ1) is 14.2. The average Bonchev–Trinajstić information content (AvgIpc) is 3.02. The molecule has 0 bridgehead atoms. The molecule has 0 unspecified atom stereocenters. The predicted molar refractivity (Wildman–Crippen MR) is 120 cm³/mol. The number of nitrogens with zero attached hydrogens (tertiary/aromatic N) is 1. The number of likely N-dealkylation sites (tertiary alicyclic amines) is 1. The molecular formula is C26H31NO3. The standard InChI is InChI=1S/C26H31NO3/c1-17-14-21(28)20(16-27-12-6-5-7-13-27)25-23(17)24(29)22(30-25)15-18-8-10-19(11-9-18)26(2,3)4/h8-11,14-15,28H,5-7,12-13,16H2,1-4H3/b22-15-. The number of allylic oxidation sites excluding steroid dienone is 1. The Morgan fingerprint density at radius 2 is 1.77 bits per heavy atom. The normalized spacial score (nSPS) is 18.5. The van der Waals surface area contributed by atoms with Gasteiger partial charge in [-0.3, -0.25) is 9.69 Å². The minimum atomic E-state index is -0.109. The third-order valence-electron chi connectivity index (χ3n) is 6.13. The van der Waals surface area contributed by atoms with E-state index in [2.05, 4.69) is 37.8 Å². The van der Waals surface area contributed by atoms with Crippen molar-refractivity contribution in [1.82, 2.24) is 4.90 Å². The molecule has 4 rings (SSSR count). The fraction of sp³-hybridized carbons (Fsp3) is 0.423. The van der Waals surface area contributed by atoms with Crippen LogP contribution in [0.4, 0.5) is 0 Å². The number of ketones is 1. The first kappa shape index (κ1) is 20.7. The lowest BCUT2D eigenvalue weighted by Crippen LogP contribution is -2.29.